The molecule has 0 amide bonds. The van der Waals surface area contributed by atoms with Gasteiger partial charge >= 0.3 is 136 Å². The van der Waals surface area contributed by atoms with E-state index >= 15 is 0 Å². The van der Waals surface area contributed by atoms with Gasteiger partial charge in [0.1, 0.15) is 0 Å². The van der Waals surface area contributed by atoms with Crippen LogP contribution in [0, 0.1) is 5.92 Å². The Hall–Kier alpha value is 0.293. The van der Waals surface area contributed by atoms with Crippen molar-refractivity contribution >= 4 is 3.21 Å². The summed E-state index contributed by atoms with van der Waals surface area (Å²) in [5.74, 6) is 0.771. The van der Waals surface area contributed by atoms with Crippen molar-refractivity contribution in [3.05, 3.63) is 43.8 Å². The molecule has 0 aliphatic heterocycles. The molecule has 22 heavy (non-hydrogen) atoms. The van der Waals surface area contributed by atoms with Crippen molar-refractivity contribution in [3.8, 4) is 0 Å². The molecule has 1 unspecified atom stereocenters. The van der Waals surface area contributed by atoms with Gasteiger partial charge in [-0.1, -0.05) is 0 Å². The van der Waals surface area contributed by atoms with Gasteiger partial charge in [-0.25, -0.2) is 0 Å². The molecule has 2 rings (SSSR count). The molecule has 2 aliphatic rings. The van der Waals surface area contributed by atoms with E-state index in [-0.39, 0.29) is 24.8 Å². The Bertz CT molecular complexity index is 544. The Morgan fingerprint density at radius 3 is 2.23 bits per heavy atom. The number of hydrogen-bond donors (Lipinski definition) is 0. The van der Waals surface area contributed by atoms with Crippen molar-refractivity contribution in [1.82, 2.24) is 0 Å². The zero-order valence-corrected chi connectivity index (χ0v) is 18.4. The minimum absolute atomic E-state index is 0. The third-order valence-corrected chi connectivity index (χ3v) is 7.71. The number of hydrogen-bond acceptors (Lipinski definition) is 0. The monoisotopic (exact) mass is 415 g/mol. The van der Waals surface area contributed by atoms with Crippen molar-refractivity contribution in [2.45, 2.75) is 60.3 Å². The molecule has 121 valence electrons. The van der Waals surface area contributed by atoms with E-state index in [1.807, 2.05) is 3.28 Å². The zero-order valence-electron chi connectivity index (χ0n) is 14.4. The zero-order chi connectivity index (χ0) is 14.7. The van der Waals surface area contributed by atoms with Crippen LogP contribution < -0.4 is 24.8 Å². The molecule has 0 N–H and O–H groups in total. The summed E-state index contributed by atoms with van der Waals surface area (Å²) in [4.78, 5) is 0. The van der Waals surface area contributed by atoms with Gasteiger partial charge in [0.05, 0.1) is 0 Å². The van der Waals surface area contributed by atoms with E-state index in [2.05, 4.69) is 52.8 Å². The smallest absolute Gasteiger partial charge is 1.00 e. The quantitative estimate of drug-likeness (QED) is 0.571. The Labute approximate surface area is 160 Å². The first-order valence-electron chi connectivity index (χ1n) is 8.03. The summed E-state index contributed by atoms with van der Waals surface area (Å²) in [6.45, 7) is 11.8. The first kappa shape index (κ1) is 22.3. The van der Waals surface area contributed by atoms with Crippen LogP contribution in [0.25, 0.3) is 0 Å². The normalized spacial score (nSPS) is 19.7. The maximum atomic E-state index is 2.38. The predicted octanol–water partition coefficient (Wildman–Crippen LogP) is -0.414. The van der Waals surface area contributed by atoms with Crippen LogP contribution in [0.4, 0.5) is 0 Å². The van der Waals surface area contributed by atoms with Crippen LogP contribution in [0.3, 0.4) is 0 Å². The molecule has 0 aromatic heterocycles. The van der Waals surface area contributed by atoms with Crippen LogP contribution in [-0.4, -0.2) is 3.21 Å². The Morgan fingerprint density at radius 1 is 1.14 bits per heavy atom. The summed E-state index contributed by atoms with van der Waals surface area (Å²) < 4.78 is 3.58. The van der Waals surface area contributed by atoms with Gasteiger partial charge < -0.3 is 24.8 Å². The average molecular weight is 418 g/mol. The summed E-state index contributed by atoms with van der Waals surface area (Å²) in [7, 11) is 0. The molecule has 0 heterocycles. The van der Waals surface area contributed by atoms with Gasteiger partial charge in [0.15, 0.2) is 0 Å². The summed E-state index contributed by atoms with van der Waals surface area (Å²) in [5.41, 5.74) is 6.76. The molecule has 0 spiro atoms. The van der Waals surface area contributed by atoms with Crippen LogP contribution in [0.5, 0.6) is 0 Å². The third-order valence-electron chi connectivity index (χ3n) is 4.35. The maximum absolute atomic E-state index is 2.38. The van der Waals surface area contributed by atoms with E-state index in [1.165, 1.54) is 19.3 Å². The first-order chi connectivity index (χ1) is 9.63. The minimum atomic E-state index is -0.525. The van der Waals surface area contributed by atoms with E-state index in [9.17, 15) is 0 Å². The van der Waals surface area contributed by atoms with Crippen molar-refractivity contribution < 1.29 is 47.6 Å². The maximum Gasteiger partial charge on any atom is -1.00 e. The van der Waals surface area contributed by atoms with Crippen LogP contribution in [-0.2, 0) is 22.8 Å². The molecule has 0 aromatic rings. The molecule has 3 heteroatoms. The SMILES string of the molecule is CCC1=C(CC)C(CC)[C]([Zr+2]=[C](C)C)=C1C1=CC=CC1.[Cl-].[Cl-]. The molecular weight excluding hydrogens is 390 g/mol. The molecule has 2 aliphatic carbocycles. The van der Waals surface area contributed by atoms with Crippen LogP contribution in [0.15, 0.2) is 43.8 Å². The molecule has 0 radical (unpaired) electrons. The summed E-state index contributed by atoms with van der Waals surface area (Å²) in [6.07, 6.45) is 11.8. The Balaban J connectivity index is 0.00000220. The fourth-order valence-electron chi connectivity index (χ4n) is 3.61. The number of rotatable bonds is 5. The van der Waals surface area contributed by atoms with E-state index in [0.29, 0.717) is 0 Å². The number of halogens is 2. The fourth-order valence-corrected chi connectivity index (χ4v) is 7.37. The third kappa shape index (κ3) is 4.43. The van der Waals surface area contributed by atoms with Crippen molar-refractivity contribution in [3.63, 3.8) is 0 Å². The van der Waals surface area contributed by atoms with Gasteiger partial charge in [-0.2, -0.15) is 0 Å². The Kier molecular flexibility index (Phi) is 10.4. The topological polar surface area (TPSA) is 0 Å². The van der Waals surface area contributed by atoms with Gasteiger partial charge in [0, 0.05) is 0 Å². The predicted molar refractivity (Wildman–Crippen MR) is 86.6 cm³/mol. The van der Waals surface area contributed by atoms with Crippen LogP contribution in [0.2, 0.25) is 0 Å². The second kappa shape index (κ2) is 10.2. The van der Waals surface area contributed by atoms with Gasteiger partial charge in [-0.3, -0.25) is 0 Å². The first-order valence-corrected chi connectivity index (χ1v) is 10.5. The van der Waals surface area contributed by atoms with Gasteiger partial charge in [-0.15, -0.1) is 0 Å². The Morgan fingerprint density at radius 2 is 1.82 bits per heavy atom. The van der Waals surface area contributed by atoms with Crippen LogP contribution >= 0.6 is 0 Å². The number of allylic oxidation sites excluding steroid dienone is 8. The largest absolute Gasteiger partial charge is 1.00 e. The molecule has 0 bridgehead atoms. The van der Waals surface area contributed by atoms with Crippen molar-refractivity contribution in [2.75, 3.05) is 0 Å². The summed E-state index contributed by atoms with van der Waals surface area (Å²) >= 11 is -0.525. The molecule has 1 atom stereocenters. The van der Waals surface area contributed by atoms with E-state index < -0.39 is 22.8 Å². The average Bonchev–Trinajstić information content (AvgIpc) is 3.02. The van der Waals surface area contributed by atoms with E-state index in [4.69, 9.17) is 0 Å². The second-order valence-electron chi connectivity index (χ2n) is 5.91. The van der Waals surface area contributed by atoms with Gasteiger partial charge in [-0.05, 0) is 0 Å². The summed E-state index contributed by atoms with van der Waals surface area (Å²) in [6, 6.07) is 0. The molecule has 0 nitrogen and oxygen atoms in total. The van der Waals surface area contributed by atoms with Gasteiger partial charge in [0.2, 0.25) is 0 Å². The summed E-state index contributed by atoms with van der Waals surface area (Å²) in [5, 5.41) is 0. The van der Waals surface area contributed by atoms with Crippen LogP contribution in [0.1, 0.15) is 60.3 Å². The fraction of sp³-hybridized carbons (Fsp3) is 0.526. The van der Waals surface area contributed by atoms with E-state index in [1.54, 1.807) is 25.5 Å². The molecule has 0 saturated carbocycles. The standard InChI is InChI=1S/C16H21.C3H6.2ClH.Zr/c1-4-12-11-16(13-9-7-8-10-13)15(6-3)14(12)5-2;1-3-2;;;/h7-9,12H,4-6,10H2,1-3H3;1-2H3;2*1H;/q;;;;+2/p-2. The minimum Gasteiger partial charge on any atom is -1.00 e. The van der Waals surface area contributed by atoms with Crippen molar-refractivity contribution in [1.29, 1.82) is 0 Å². The van der Waals surface area contributed by atoms with E-state index in [0.717, 1.165) is 12.3 Å². The van der Waals surface area contributed by atoms with Gasteiger partial charge in [0.25, 0.3) is 0 Å². The molecule has 0 saturated heterocycles. The second-order valence-corrected chi connectivity index (χ2v) is 10.3. The molecule has 0 aromatic carbocycles. The van der Waals surface area contributed by atoms with Crippen molar-refractivity contribution in [2.24, 2.45) is 5.92 Å². The molecular formula is C19H27Cl2Zr. The molecule has 0 fully saturated rings.